The molecule has 8 nitrogen and oxygen atoms in total. The van der Waals surface area contributed by atoms with E-state index in [4.69, 9.17) is 0 Å². The summed E-state index contributed by atoms with van der Waals surface area (Å²) in [6, 6.07) is 14.2. The Kier molecular flexibility index (Phi) is 6.71. The second kappa shape index (κ2) is 9.47. The highest BCUT2D eigenvalue weighted by atomic mass is 32.2. The lowest BCUT2D eigenvalue weighted by Gasteiger charge is -2.16. The summed E-state index contributed by atoms with van der Waals surface area (Å²) in [5, 5.41) is 0. The largest absolute Gasteiger partial charge is 0.416 e. The van der Waals surface area contributed by atoms with E-state index in [1.54, 1.807) is 4.90 Å². The fourth-order valence-corrected chi connectivity index (χ4v) is 5.72. The van der Waals surface area contributed by atoms with Gasteiger partial charge in [-0.15, -0.1) is 0 Å². The molecule has 1 amide bonds. The smallest absolute Gasteiger partial charge is 0.312 e. The van der Waals surface area contributed by atoms with Crippen molar-refractivity contribution in [1.29, 1.82) is 0 Å². The minimum atomic E-state index is -4.63. The number of hydrogen-bond acceptors (Lipinski definition) is 5. The van der Waals surface area contributed by atoms with Crippen molar-refractivity contribution in [3.8, 4) is 0 Å². The molecule has 1 aliphatic heterocycles. The normalized spacial score (nSPS) is 14.6. The van der Waals surface area contributed by atoms with Gasteiger partial charge in [-0.25, -0.2) is 16.8 Å². The summed E-state index contributed by atoms with van der Waals surface area (Å²) in [5.74, 6) is -0.0266. The zero-order valence-electron chi connectivity index (χ0n) is 18.5. The van der Waals surface area contributed by atoms with Crippen LogP contribution in [0.25, 0.3) is 0 Å². The van der Waals surface area contributed by atoms with Crippen LogP contribution in [0.1, 0.15) is 18.4 Å². The van der Waals surface area contributed by atoms with Gasteiger partial charge >= 0.3 is 6.18 Å². The van der Waals surface area contributed by atoms with Crippen LogP contribution in [0, 0.1) is 0 Å². The maximum atomic E-state index is 12.9. The molecule has 13 heteroatoms. The molecular weight excluding hydrogens is 519 g/mol. The maximum Gasteiger partial charge on any atom is 0.416 e. The van der Waals surface area contributed by atoms with Crippen molar-refractivity contribution < 1.29 is 34.8 Å². The first-order valence-electron chi connectivity index (χ1n) is 10.6. The molecule has 0 spiro atoms. The van der Waals surface area contributed by atoms with Crippen LogP contribution >= 0.6 is 0 Å². The maximum absolute atomic E-state index is 12.9. The second-order valence-electron chi connectivity index (χ2n) is 7.96. The van der Waals surface area contributed by atoms with Gasteiger partial charge in [-0.1, -0.05) is 6.07 Å². The van der Waals surface area contributed by atoms with Gasteiger partial charge in [-0.3, -0.25) is 14.2 Å². The highest BCUT2D eigenvalue weighted by molar-refractivity contribution is 7.93. The quantitative estimate of drug-likeness (QED) is 0.461. The fourth-order valence-electron chi connectivity index (χ4n) is 3.62. The Morgan fingerprint density at radius 2 is 1.31 bits per heavy atom. The van der Waals surface area contributed by atoms with Crippen molar-refractivity contribution in [1.82, 2.24) is 0 Å². The Labute approximate surface area is 205 Å². The second-order valence-corrected chi connectivity index (χ2v) is 11.3. The lowest BCUT2D eigenvalue weighted by Crippen LogP contribution is -2.23. The summed E-state index contributed by atoms with van der Waals surface area (Å²) in [7, 11) is -8.24. The highest BCUT2D eigenvalue weighted by Crippen LogP contribution is 2.31. The zero-order chi connectivity index (χ0) is 26.1. The SMILES string of the molecule is O=C1CCCN1c1ccc(S(=O)(=O)Nc2ccc(S(=O)(=O)Nc3cccc(C(F)(F)F)c3)cc2)cc1. The van der Waals surface area contributed by atoms with Crippen molar-refractivity contribution in [3.63, 3.8) is 0 Å². The van der Waals surface area contributed by atoms with E-state index in [2.05, 4.69) is 9.44 Å². The third-order valence-electron chi connectivity index (χ3n) is 5.39. The average Bonchev–Trinajstić information content (AvgIpc) is 3.24. The van der Waals surface area contributed by atoms with Gasteiger partial charge in [0, 0.05) is 30.0 Å². The van der Waals surface area contributed by atoms with Gasteiger partial charge in [0.25, 0.3) is 20.0 Å². The van der Waals surface area contributed by atoms with Crippen LogP contribution in [0.3, 0.4) is 0 Å². The molecule has 2 N–H and O–H groups in total. The Hall–Kier alpha value is -3.58. The summed E-state index contributed by atoms with van der Waals surface area (Å²) in [5.41, 5.74) is -0.604. The van der Waals surface area contributed by atoms with Crippen molar-refractivity contribution in [3.05, 3.63) is 78.4 Å². The highest BCUT2D eigenvalue weighted by Gasteiger charge is 2.31. The van der Waals surface area contributed by atoms with Crippen LogP contribution in [0.4, 0.5) is 30.2 Å². The standard InChI is InChI=1S/C23H20F3N3O5S2/c24-23(25,26)16-3-1-4-18(15-16)28-36(33,34)20-10-6-17(7-11-20)27-35(31,32)21-12-8-19(9-13-21)29-14-2-5-22(29)30/h1,3-4,6-13,15,27-28H,2,5,14H2. The van der Waals surface area contributed by atoms with E-state index >= 15 is 0 Å². The molecular formula is C23H20F3N3O5S2. The van der Waals surface area contributed by atoms with Crippen molar-refractivity contribution >= 4 is 43.0 Å². The van der Waals surface area contributed by atoms with E-state index in [1.807, 2.05) is 0 Å². The van der Waals surface area contributed by atoms with E-state index in [9.17, 15) is 34.8 Å². The number of amides is 1. The number of sulfonamides is 2. The summed E-state index contributed by atoms with van der Waals surface area (Å²) < 4.78 is 93.7. The van der Waals surface area contributed by atoms with E-state index < -0.39 is 31.8 Å². The lowest BCUT2D eigenvalue weighted by atomic mass is 10.2. The van der Waals surface area contributed by atoms with Crippen molar-refractivity contribution in [2.24, 2.45) is 0 Å². The first kappa shape index (κ1) is 25.5. The number of anilines is 3. The van der Waals surface area contributed by atoms with Crippen LogP contribution in [0.2, 0.25) is 0 Å². The molecule has 1 aliphatic rings. The van der Waals surface area contributed by atoms with E-state index in [-0.39, 0.29) is 27.1 Å². The summed E-state index contributed by atoms with van der Waals surface area (Å²) in [4.78, 5) is 13.1. The topological polar surface area (TPSA) is 113 Å². The molecule has 0 unspecified atom stereocenters. The minimum absolute atomic E-state index is 0.0266. The van der Waals surface area contributed by atoms with Gasteiger partial charge < -0.3 is 4.90 Å². The summed E-state index contributed by atoms with van der Waals surface area (Å²) in [6.45, 7) is 0.570. The molecule has 1 fully saturated rings. The predicted octanol–water partition coefficient (Wildman–Crippen LogP) is 4.43. The number of rotatable bonds is 7. The van der Waals surface area contributed by atoms with Gasteiger partial charge in [0.15, 0.2) is 0 Å². The molecule has 1 saturated heterocycles. The van der Waals surface area contributed by atoms with Gasteiger partial charge in [0.1, 0.15) is 0 Å². The number of carbonyl (C=O) groups excluding carboxylic acids is 1. The number of hydrogen-bond donors (Lipinski definition) is 2. The third-order valence-corrected chi connectivity index (χ3v) is 8.19. The molecule has 36 heavy (non-hydrogen) atoms. The fraction of sp³-hybridized carbons (Fsp3) is 0.174. The molecule has 190 valence electrons. The van der Waals surface area contributed by atoms with E-state index in [0.717, 1.165) is 30.7 Å². The van der Waals surface area contributed by atoms with Crippen LogP contribution in [-0.2, 0) is 31.0 Å². The summed E-state index contributed by atoms with van der Waals surface area (Å²) in [6.07, 6.45) is -3.45. The van der Waals surface area contributed by atoms with Crippen LogP contribution in [0.5, 0.6) is 0 Å². The Morgan fingerprint density at radius 3 is 1.83 bits per heavy atom. The van der Waals surface area contributed by atoms with Crippen molar-refractivity contribution in [2.75, 3.05) is 20.9 Å². The Morgan fingerprint density at radius 1 is 0.750 bits per heavy atom. The van der Waals surface area contributed by atoms with Crippen molar-refractivity contribution in [2.45, 2.75) is 28.8 Å². The Balaban J connectivity index is 1.47. The molecule has 0 saturated carbocycles. The molecule has 4 rings (SSSR count). The van der Waals surface area contributed by atoms with E-state index in [0.29, 0.717) is 24.7 Å². The van der Waals surface area contributed by atoms with Gasteiger partial charge in [0.2, 0.25) is 5.91 Å². The van der Waals surface area contributed by atoms with Gasteiger partial charge in [-0.05, 0) is 73.2 Å². The first-order valence-corrected chi connectivity index (χ1v) is 13.6. The van der Waals surface area contributed by atoms with Crippen LogP contribution in [-0.4, -0.2) is 29.3 Å². The molecule has 0 aromatic heterocycles. The third kappa shape index (κ3) is 5.62. The molecule has 0 aliphatic carbocycles. The minimum Gasteiger partial charge on any atom is -0.312 e. The first-order chi connectivity index (χ1) is 16.8. The summed E-state index contributed by atoms with van der Waals surface area (Å²) >= 11 is 0. The molecule has 0 radical (unpaired) electrons. The predicted molar refractivity (Wildman–Crippen MR) is 128 cm³/mol. The number of halogens is 3. The zero-order valence-corrected chi connectivity index (χ0v) is 20.1. The molecule has 3 aromatic carbocycles. The monoisotopic (exact) mass is 539 g/mol. The number of alkyl halides is 3. The molecule has 1 heterocycles. The average molecular weight is 540 g/mol. The number of benzene rings is 3. The van der Waals surface area contributed by atoms with E-state index in [1.165, 1.54) is 42.5 Å². The number of nitrogens with zero attached hydrogens (tertiary/aromatic N) is 1. The Bertz CT molecular complexity index is 1490. The van der Waals surface area contributed by atoms with Gasteiger partial charge in [-0.2, -0.15) is 13.2 Å². The number of nitrogens with one attached hydrogen (secondary N) is 2. The molecule has 0 bridgehead atoms. The lowest BCUT2D eigenvalue weighted by molar-refractivity contribution is -0.137. The van der Waals surface area contributed by atoms with Gasteiger partial charge in [0.05, 0.1) is 15.4 Å². The van der Waals surface area contributed by atoms with Crippen LogP contribution < -0.4 is 14.3 Å². The van der Waals surface area contributed by atoms with Crippen LogP contribution in [0.15, 0.2) is 82.6 Å². The number of carbonyl (C=O) groups is 1. The molecule has 0 atom stereocenters. The molecule has 3 aromatic rings.